The van der Waals surface area contributed by atoms with Crippen molar-refractivity contribution < 1.29 is 14.7 Å². The number of rotatable bonds is 6. The maximum Gasteiger partial charge on any atom is 0.305 e. The van der Waals surface area contributed by atoms with Gasteiger partial charge in [0.2, 0.25) is 5.91 Å². The van der Waals surface area contributed by atoms with Gasteiger partial charge >= 0.3 is 5.97 Å². The van der Waals surface area contributed by atoms with E-state index in [0.29, 0.717) is 13.0 Å². The molecule has 0 bridgehead atoms. The Labute approximate surface area is 125 Å². The lowest BCUT2D eigenvalue weighted by molar-refractivity contribution is -0.139. The van der Waals surface area contributed by atoms with Crippen molar-refractivity contribution in [3.05, 3.63) is 35.4 Å². The molecule has 2 rings (SSSR count). The zero-order valence-electron chi connectivity index (χ0n) is 12.5. The molecule has 4 nitrogen and oxygen atoms in total. The van der Waals surface area contributed by atoms with Crippen LogP contribution in [0.4, 0.5) is 0 Å². The van der Waals surface area contributed by atoms with E-state index in [1.807, 2.05) is 0 Å². The minimum absolute atomic E-state index is 0.0664. The number of hydrogen-bond donors (Lipinski definition) is 1. The van der Waals surface area contributed by atoms with Crippen LogP contribution in [0.2, 0.25) is 0 Å². The van der Waals surface area contributed by atoms with Crippen LogP contribution in [0.5, 0.6) is 0 Å². The van der Waals surface area contributed by atoms with Gasteiger partial charge in [0.1, 0.15) is 0 Å². The van der Waals surface area contributed by atoms with Crippen molar-refractivity contribution in [2.45, 2.75) is 51.5 Å². The van der Waals surface area contributed by atoms with Crippen molar-refractivity contribution in [2.75, 3.05) is 6.54 Å². The third-order valence-corrected chi connectivity index (χ3v) is 4.17. The van der Waals surface area contributed by atoms with E-state index in [1.165, 1.54) is 5.56 Å². The number of carbonyl (C=O) groups is 2. The zero-order chi connectivity index (χ0) is 15.2. The average molecular weight is 289 g/mol. The largest absolute Gasteiger partial charge is 0.481 e. The molecule has 1 N–H and O–H groups in total. The van der Waals surface area contributed by atoms with Gasteiger partial charge in [0, 0.05) is 19.0 Å². The van der Waals surface area contributed by atoms with Gasteiger partial charge in [-0.05, 0) is 36.8 Å². The number of hydrogen-bond acceptors (Lipinski definition) is 2. The first-order valence-electron chi connectivity index (χ1n) is 7.69. The van der Waals surface area contributed by atoms with Gasteiger partial charge in [0.05, 0.1) is 6.42 Å². The van der Waals surface area contributed by atoms with Crippen molar-refractivity contribution in [1.29, 1.82) is 0 Å². The first-order chi connectivity index (χ1) is 10.1. The lowest BCUT2D eigenvalue weighted by Crippen LogP contribution is -2.36. The summed E-state index contributed by atoms with van der Waals surface area (Å²) in [5, 5.41) is 8.89. The van der Waals surface area contributed by atoms with E-state index in [2.05, 4.69) is 31.2 Å². The van der Waals surface area contributed by atoms with Crippen molar-refractivity contribution in [2.24, 2.45) is 0 Å². The second-order valence-electron chi connectivity index (χ2n) is 5.65. The number of benzene rings is 1. The molecular formula is C17H23NO3. The van der Waals surface area contributed by atoms with Crippen molar-refractivity contribution in [3.8, 4) is 0 Å². The quantitative estimate of drug-likeness (QED) is 0.876. The van der Waals surface area contributed by atoms with Crippen LogP contribution in [-0.2, 0) is 22.4 Å². The molecule has 1 heterocycles. The third-order valence-electron chi connectivity index (χ3n) is 4.17. The Morgan fingerprint density at radius 1 is 1.24 bits per heavy atom. The molecule has 1 saturated heterocycles. The normalized spacial score (nSPS) is 18.0. The van der Waals surface area contributed by atoms with Crippen LogP contribution in [0.15, 0.2) is 24.3 Å². The smallest absolute Gasteiger partial charge is 0.305 e. The molecule has 114 valence electrons. The topological polar surface area (TPSA) is 57.6 Å². The van der Waals surface area contributed by atoms with Gasteiger partial charge < -0.3 is 10.0 Å². The first kappa shape index (κ1) is 15.5. The van der Waals surface area contributed by atoms with Crippen LogP contribution in [0.25, 0.3) is 0 Å². The van der Waals surface area contributed by atoms with E-state index in [-0.39, 0.29) is 18.4 Å². The number of likely N-dealkylation sites (tertiary alicyclic amines) is 1. The first-order valence-corrected chi connectivity index (χ1v) is 7.69. The fraction of sp³-hybridized carbons (Fsp3) is 0.529. The summed E-state index contributed by atoms with van der Waals surface area (Å²) in [6.45, 7) is 2.82. The van der Waals surface area contributed by atoms with Crippen molar-refractivity contribution in [3.63, 3.8) is 0 Å². The fourth-order valence-electron chi connectivity index (χ4n) is 2.91. The van der Waals surface area contributed by atoms with Gasteiger partial charge in [-0.15, -0.1) is 0 Å². The van der Waals surface area contributed by atoms with Gasteiger partial charge in [0.25, 0.3) is 0 Å². The second-order valence-corrected chi connectivity index (χ2v) is 5.65. The van der Waals surface area contributed by atoms with Crippen LogP contribution in [0.3, 0.4) is 0 Å². The number of aryl methyl sites for hydroxylation is 2. The summed E-state index contributed by atoms with van der Waals surface area (Å²) in [4.78, 5) is 24.9. The Kier molecular flexibility index (Phi) is 5.37. The molecule has 1 aliphatic heterocycles. The summed E-state index contributed by atoms with van der Waals surface area (Å²) in [7, 11) is 0. The maximum absolute atomic E-state index is 12.3. The third kappa shape index (κ3) is 4.31. The van der Waals surface area contributed by atoms with E-state index in [1.54, 1.807) is 4.90 Å². The van der Waals surface area contributed by atoms with Crippen LogP contribution < -0.4 is 0 Å². The van der Waals surface area contributed by atoms with Crippen LogP contribution in [-0.4, -0.2) is 34.5 Å². The van der Waals surface area contributed by atoms with Crippen LogP contribution in [0, 0.1) is 0 Å². The van der Waals surface area contributed by atoms with Crippen molar-refractivity contribution >= 4 is 11.9 Å². The molecule has 0 aliphatic carbocycles. The Morgan fingerprint density at radius 2 is 1.90 bits per heavy atom. The Balaban J connectivity index is 1.87. The molecule has 0 radical (unpaired) electrons. The molecule has 1 aromatic rings. The van der Waals surface area contributed by atoms with Crippen molar-refractivity contribution in [1.82, 2.24) is 4.90 Å². The number of nitrogens with zero attached hydrogens (tertiary/aromatic N) is 1. The summed E-state index contributed by atoms with van der Waals surface area (Å²) in [6.07, 6.45) is 3.99. The molecule has 4 heteroatoms. The summed E-state index contributed by atoms with van der Waals surface area (Å²) in [5.41, 5.74) is 2.46. The molecular weight excluding hydrogens is 266 g/mol. The highest BCUT2D eigenvalue weighted by Crippen LogP contribution is 2.21. The van der Waals surface area contributed by atoms with Gasteiger partial charge in [-0.1, -0.05) is 31.2 Å². The Bertz CT molecular complexity index is 495. The molecule has 1 aromatic carbocycles. The number of carboxylic acid groups (broad SMARTS) is 1. The lowest BCUT2D eigenvalue weighted by atomic mass is 10.1. The summed E-state index contributed by atoms with van der Waals surface area (Å²) in [5.74, 6) is -0.742. The maximum atomic E-state index is 12.3. The Hall–Kier alpha value is -1.84. The molecule has 0 aromatic heterocycles. The summed E-state index contributed by atoms with van der Waals surface area (Å²) >= 11 is 0. The molecule has 1 fully saturated rings. The van der Waals surface area contributed by atoms with Gasteiger partial charge in [-0.25, -0.2) is 0 Å². The van der Waals surface area contributed by atoms with Gasteiger partial charge in [-0.3, -0.25) is 9.59 Å². The lowest BCUT2D eigenvalue weighted by Gasteiger charge is -2.23. The molecule has 1 atom stereocenters. The molecule has 1 unspecified atom stereocenters. The minimum Gasteiger partial charge on any atom is -0.481 e. The van der Waals surface area contributed by atoms with Crippen LogP contribution in [0.1, 0.15) is 43.7 Å². The molecule has 1 amide bonds. The monoisotopic (exact) mass is 289 g/mol. The molecule has 0 saturated carbocycles. The predicted octanol–water partition coefficient (Wildman–Crippen LogP) is 2.65. The molecule has 0 spiro atoms. The average Bonchev–Trinajstić information content (AvgIpc) is 2.92. The van der Waals surface area contributed by atoms with Crippen LogP contribution >= 0.6 is 0 Å². The predicted molar refractivity (Wildman–Crippen MR) is 81.1 cm³/mol. The highest BCUT2D eigenvalue weighted by molar-refractivity contribution is 5.78. The highest BCUT2D eigenvalue weighted by atomic mass is 16.4. The van der Waals surface area contributed by atoms with E-state index in [4.69, 9.17) is 5.11 Å². The van der Waals surface area contributed by atoms with E-state index >= 15 is 0 Å². The number of carbonyl (C=O) groups excluding carboxylic acids is 1. The second kappa shape index (κ2) is 7.25. The van der Waals surface area contributed by atoms with E-state index < -0.39 is 5.97 Å². The number of carboxylic acids is 1. The number of amides is 1. The van der Waals surface area contributed by atoms with E-state index in [9.17, 15) is 9.59 Å². The SMILES string of the molecule is CCc1ccc(CCC(=O)N2CCCC2CC(=O)O)cc1. The minimum atomic E-state index is -0.824. The summed E-state index contributed by atoms with van der Waals surface area (Å²) < 4.78 is 0. The summed E-state index contributed by atoms with van der Waals surface area (Å²) in [6, 6.07) is 8.24. The fourth-order valence-corrected chi connectivity index (χ4v) is 2.91. The van der Waals surface area contributed by atoms with Gasteiger partial charge in [0.15, 0.2) is 0 Å². The molecule has 1 aliphatic rings. The molecule has 21 heavy (non-hydrogen) atoms. The number of aliphatic carboxylic acids is 1. The highest BCUT2D eigenvalue weighted by Gasteiger charge is 2.29. The Morgan fingerprint density at radius 3 is 2.52 bits per heavy atom. The zero-order valence-corrected chi connectivity index (χ0v) is 12.5. The van der Waals surface area contributed by atoms with E-state index in [0.717, 1.165) is 31.2 Å². The van der Waals surface area contributed by atoms with Gasteiger partial charge in [-0.2, -0.15) is 0 Å². The standard InChI is InChI=1S/C17H23NO3/c1-2-13-5-7-14(8-6-13)9-10-16(19)18-11-3-4-15(18)12-17(20)21/h5-8,15H,2-4,9-12H2,1H3,(H,20,21).